The van der Waals surface area contributed by atoms with E-state index < -0.39 is 0 Å². The number of carbonyl (C=O) groups is 1. The van der Waals surface area contributed by atoms with Crippen LogP contribution in [0.2, 0.25) is 0 Å². The standard InChI is InChI=1S/C7H7N3O/c11-6-10-9-5-7-2-1-3-8-4-7/h1-6H,(H,10,11). The second-order valence-electron chi connectivity index (χ2n) is 1.79. The molecule has 0 unspecified atom stereocenters. The van der Waals surface area contributed by atoms with Crippen LogP contribution in [-0.2, 0) is 4.79 Å². The molecule has 11 heavy (non-hydrogen) atoms. The maximum Gasteiger partial charge on any atom is 0.227 e. The van der Waals surface area contributed by atoms with Crippen LogP contribution in [0.25, 0.3) is 0 Å². The van der Waals surface area contributed by atoms with Crippen molar-refractivity contribution in [2.24, 2.45) is 5.10 Å². The van der Waals surface area contributed by atoms with Crippen molar-refractivity contribution in [1.29, 1.82) is 0 Å². The zero-order chi connectivity index (χ0) is 7.94. The first-order valence-electron chi connectivity index (χ1n) is 3.06. The lowest BCUT2D eigenvalue weighted by atomic mass is 10.3. The zero-order valence-corrected chi connectivity index (χ0v) is 5.77. The normalized spacial score (nSPS) is 9.82. The minimum atomic E-state index is 0.507. The van der Waals surface area contributed by atoms with E-state index in [2.05, 4.69) is 15.5 Å². The fourth-order valence-electron chi connectivity index (χ4n) is 0.595. The minimum Gasteiger partial charge on any atom is -0.277 e. The summed E-state index contributed by atoms with van der Waals surface area (Å²) in [6.07, 6.45) is 5.34. The van der Waals surface area contributed by atoms with Gasteiger partial charge in [-0.05, 0) is 6.07 Å². The largest absolute Gasteiger partial charge is 0.277 e. The molecular weight excluding hydrogens is 142 g/mol. The molecule has 4 heteroatoms. The van der Waals surface area contributed by atoms with Gasteiger partial charge in [-0.25, -0.2) is 5.43 Å². The van der Waals surface area contributed by atoms with Crippen molar-refractivity contribution in [2.75, 3.05) is 0 Å². The second kappa shape index (κ2) is 4.16. The lowest BCUT2D eigenvalue weighted by Gasteiger charge is -1.87. The predicted molar refractivity (Wildman–Crippen MR) is 41.0 cm³/mol. The van der Waals surface area contributed by atoms with Crippen LogP contribution < -0.4 is 5.43 Å². The maximum atomic E-state index is 9.75. The van der Waals surface area contributed by atoms with Crippen molar-refractivity contribution < 1.29 is 4.79 Å². The molecule has 4 nitrogen and oxygen atoms in total. The van der Waals surface area contributed by atoms with Gasteiger partial charge in [0, 0.05) is 18.0 Å². The fourth-order valence-corrected chi connectivity index (χ4v) is 0.595. The summed E-state index contributed by atoms with van der Waals surface area (Å²) in [5.41, 5.74) is 3.01. The molecule has 1 heterocycles. The third-order valence-electron chi connectivity index (χ3n) is 1.03. The van der Waals surface area contributed by atoms with Crippen molar-refractivity contribution in [3.05, 3.63) is 30.1 Å². The SMILES string of the molecule is O=CNN=Cc1cccnc1. The quantitative estimate of drug-likeness (QED) is 0.378. The van der Waals surface area contributed by atoms with Gasteiger partial charge in [-0.3, -0.25) is 9.78 Å². The smallest absolute Gasteiger partial charge is 0.227 e. The summed E-state index contributed by atoms with van der Waals surface area (Å²) in [7, 11) is 0. The van der Waals surface area contributed by atoms with Crippen LogP contribution >= 0.6 is 0 Å². The van der Waals surface area contributed by atoms with E-state index in [1.54, 1.807) is 18.5 Å². The summed E-state index contributed by atoms with van der Waals surface area (Å²) < 4.78 is 0. The van der Waals surface area contributed by atoms with E-state index in [0.717, 1.165) is 5.56 Å². The first kappa shape index (κ1) is 7.40. The molecule has 1 amide bonds. The van der Waals surface area contributed by atoms with E-state index >= 15 is 0 Å². The van der Waals surface area contributed by atoms with E-state index in [1.807, 2.05) is 6.07 Å². The molecule has 0 bridgehead atoms. The molecule has 1 aromatic rings. The number of aromatic nitrogens is 1. The van der Waals surface area contributed by atoms with E-state index in [1.165, 1.54) is 6.21 Å². The Morgan fingerprint density at radius 3 is 3.18 bits per heavy atom. The molecule has 0 aliphatic rings. The number of hydrogen-bond acceptors (Lipinski definition) is 3. The van der Waals surface area contributed by atoms with Crippen LogP contribution in [-0.4, -0.2) is 17.6 Å². The molecule has 1 rings (SSSR count). The van der Waals surface area contributed by atoms with E-state index in [0.29, 0.717) is 6.41 Å². The summed E-state index contributed by atoms with van der Waals surface area (Å²) in [5, 5.41) is 3.58. The lowest BCUT2D eigenvalue weighted by molar-refractivity contribution is -0.109. The highest BCUT2D eigenvalue weighted by molar-refractivity contribution is 5.79. The van der Waals surface area contributed by atoms with Gasteiger partial charge >= 0.3 is 0 Å². The average Bonchev–Trinajstić information content (AvgIpc) is 2.07. The average molecular weight is 149 g/mol. The Labute approximate surface area is 64.0 Å². The molecule has 1 aromatic heterocycles. The minimum absolute atomic E-state index is 0.507. The number of rotatable bonds is 3. The van der Waals surface area contributed by atoms with Crippen molar-refractivity contribution in [3.63, 3.8) is 0 Å². The number of hydrazone groups is 1. The Hall–Kier alpha value is -1.71. The Bertz CT molecular complexity index is 245. The Kier molecular flexibility index (Phi) is 2.80. The molecule has 0 radical (unpaired) electrons. The Morgan fingerprint density at radius 1 is 1.64 bits per heavy atom. The Balaban J connectivity index is 2.57. The van der Waals surface area contributed by atoms with Crippen molar-refractivity contribution in [2.45, 2.75) is 0 Å². The number of pyridine rings is 1. The monoisotopic (exact) mass is 149 g/mol. The van der Waals surface area contributed by atoms with E-state index in [4.69, 9.17) is 0 Å². The van der Waals surface area contributed by atoms with Crippen LogP contribution in [0.15, 0.2) is 29.6 Å². The summed E-state index contributed by atoms with van der Waals surface area (Å²) in [6, 6.07) is 3.63. The number of amides is 1. The van der Waals surface area contributed by atoms with Crippen molar-refractivity contribution >= 4 is 12.6 Å². The first-order chi connectivity index (χ1) is 5.43. The maximum absolute atomic E-state index is 9.75. The zero-order valence-electron chi connectivity index (χ0n) is 5.77. The molecule has 0 spiro atoms. The molecule has 0 aliphatic heterocycles. The highest BCUT2D eigenvalue weighted by Gasteiger charge is 1.82. The van der Waals surface area contributed by atoms with Gasteiger partial charge < -0.3 is 0 Å². The highest BCUT2D eigenvalue weighted by Crippen LogP contribution is 1.88. The summed E-state index contributed by atoms with van der Waals surface area (Å²) >= 11 is 0. The molecule has 0 aliphatic carbocycles. The van der Waals surface area contributed by atoms with E-state index in [9.17, 15) is 4.79 Å². The van der Waals surface area contributed by atoms with Crippen LogP contribution in [0.4, 0.5) is 0 Å². The van der Waals surface area contributed by atoms with Gasteiger partial charge in [0.2, 0.25) is 6.41 Å². The van der Waals surface area contributed by atoms with Gasteiger partial charge in [0.05, 0.1) is 6.21 Å². The molecule has 0 atom stereocenters. The van der Waals surface area contributed by atoms with Crippen LogP contribution in [0.5, 0.6) is 0 Å². The summed E-state index contributed by atoms with van der Waals surface area (Å²) in [5.74, 6) is 0. The van der Waals surface area contributed by atoms with Gasteiger partial charge in [0.1, 0.15) is 0 Å². The third kappa shape index (κ3) is 2.57. The first-order valence-corrected chi connectivity index (χ1v) is 3.06. The van der Waals surface area contributed by atoms with Crippen molar-refractivity contribution in [3.8, 4) is 0 Å². The third-order valence-corrected chi connectivity index (χ3v) is 1.03. The fraction of sp³-hybridized carbons (Fsp3) is 0. The summed E-state index contributed by atoms with van der Waals surface area (Å²) in [6.45, 7) is 0. The number of carbonyl (C=O) groups excluding carboxylic acids is 1. The molecule has 56 valence electrons. The van der Waals surface area contributed by atoms with Gasteiger partial charge in [0.25, 0.3) is 0 Å². The highest BCUT2D eigenvalue weighted by atomic mass is 16.1. The Morgan fingerprint density at radius 2 is 2.55 bits per heavy atom. The predicted octanol–water partition coefficient (Wildman–Crippen LogP) is 0.161. The van der Waals surface area contributed by atoms with Crippen LogP contribution in [0.1, 0.15) is 5.56 Å². The number of nitrogens with zero attached hydrogens (tertiary/aromatic N) is 2. The molecule has 0 saturated carbocycles. The second-order valence-corrected chi connectivity index (χ2v) is 1.79. The lowest BCUT2D eigenvalue weighted by Crippen LogP contribution is -2.00. The molecular formula is C7H7N3O. The van der Waals surface area contributed by atoms with Gasteiger partial charge in [-0.2, -0.15) is 5.10 Å². The van der Waals surface area contributed by atoms with Crippen LogP contribution in [0.3, 0.4) is 0 Å². The molecule has 1 N–H and O–H groups in total. The molecule has 0 saturated heterocycles. The molecule has 0 fully saturated rings. The van der Waals surface area contributed by atoms with Crippen molar-refractivity contribution in [1.82, 2.24) is 10.4 Å². The van der Waals surface area contributed by atoms with Gasteiger partial charge in [-0.1, -0.05) is 6.07 Å². The molecule has 0 aromatic carbocycles. The topological polar surface area (TPSA) is 54.4 Å². The van der Waals surface area contributed by atoms with Crippen LogP contribution in [0, 0.1) is 0 Å². The van der Waals surface area contributed by atoms with Gasteiger partial charge in [0.15, 0.2) is 0 Å². The number of nitrogens with one attached hydrogen (secondary N) is 1. The van der Waals surface area contributed by atoms with Gasteiger partial charge in [-0.15, -0.1) is 0 Å². The summed E-state index contributed by atoms with van der Waals surface area (Å²) in [4.78, 5) is 13.6. The number of hydrogen-bond donors (Lipinski definition) is 1. The van der Waals surface area contributed by atoms with E-state index in [-0.39, 0.29) is 0 Å².